The van der Waals surface area contributed by atoms with Crippen molar-refractivity contribution in [1.82, 2.24) is 4.98 Å². The maximum Gasteiger partial charge on any atom is 0.0896 e. The van der Waals surface area contributed by atoms with Crippen LogP contribution < -0.4 is 0 Å². The average molecular weight is 282 g/mol. The van der Waals surface area contributed by atoms with Gasteiger partial charge in [0.25, 0.3) is 0 Å². The van der Waals surface area contributed by atoms with E-state index in [9.17, 15) is 5.11 Å². The number of thiazole rings is 1. The largest absolute Gasteiger partial charge is 0.396 e. The summed E-state index contributed by atoms with van der Waals surface area (Å²) in [4.78, 5) is 5.47. The third-order valence-electron chi connectivity index (χ3n) is 2.83. The molecule has 0 radical (unpaired) electrons. The third-order valence-corrected chi connectivity index (χ3v) is 4.00. The number of aryl methyl sites for hydroxylation is 1. The number of aliphatic hydroxyl groups is 1. The highest BCUT2D eigenvalue weighted by molar-refractivity contribution is 7.11. The molecule has 2 aromatic rings. The van der Waals surface area contributed by atoms with Crippen molar-refractivity contribution in [3.63, 3.8) is 0 Å². The maximum absolute atomic E-state index is 9.48. The van der Waals surface area contributed by atoms with Crippen LogP contribution in [0.25, 0.3) is 0 Å². The minimum atomic E-state index is 0.184. The molecule has 1 heterocycles. The number of hydrogen-bond acceptors (Lipinski definition) is 3. The standard InChI is InChI=1S/C14H16ClNOS/c1-10-16-8-14(18-10)7-12(9-17)5-11-3-2-4-13(15)6-11/h2-4,6,8,12,17H,5,7,9H2,1H3. The highest BCUT2D eigenvalue weighted by atomic mass is 35.5. The lowest BCUT2D eigenvalue weighted by Crippen LogP contribution is -2.12. The first kappa shape index (κ1) is 13.5. The smallest absolute Gasteiger partial charge is 0.0896 e. The first-order valence-corrected chi connectivity index (χ1v) is 7.13. The van der Waals surface area contributed by atoms with Crippen LogP contribution >= 0.6 is 22.9 Å². The quantitative estimate of drug-likeness (QED) is 0.910. The van der Waals surface area contributed by atoms with Crippen LogP contribution in [0.5, 0.6) is 0 Å². The van der Waals surface area contributed by atoms with Gasteiger partial charge in [0.2, 0.25) is 0 Å². The van der Waals surface area contributed by atoms with Crippen LogP contribution in [0.1, 0.15) is 15.4 Å². The maximum atomic E-state index is 9.48. The van der Waals surface area contributed by atoms with E-state index in [0.29, 0.717) is 0 Å². The van der Waals surface area contributed by atoms with Crippen molar-refractivity contribution < 1.29 is 5.11 Å². The fourth-order valence-corrected chi connectivity index (χ4v) is 3.10. The van der Waals surface area contributed by atoms with E-state index >= 15 is 0 Å². The summed E-state index contributed by atoms with van der Waals surface area (Å²) in [5.41, 5.74) is 1.17. The number of nitrogens with zero attached hydrogens (tertiary/aromatic N) is 1. The molecule has 2 rings (SSSR count). The van der Waals surface area contributed by atoms with E-state index in [-0.39, 0.29) is 12.5 Å². The second-order valence-electron chi connectivity index (χ2n) is 4.43. The van der Waals surface area contributed by atoms with Gasteiger partial charge in [0, 0.05) is 22.7 Å². The zero-order valence-electron chi connectivity index (χ0n) is 10.3. The summed E-state index contributed by atoms with van der Waals surface area (Å²) >= 11 is 7.66. The van der Waals surface area contributed by atoms with E-state index < -0.39 is 0 Å². The Kier molecular flexibility index (Phi) is 4.75. The molecular weight excluding hydrogens is 266 g/mol. The van der Waals surface area contributed by atoms with E-state index in [2.05, 4.69) is 4.98 Å². The molecule has 0 bridgehead atoms. The molecule has 0 amide bonds. The molecule has 2 nitrogen and oxygen atoms in total. The van der Waals surface area contributed by atoms with Crippen LogP contribution in [0.3, 0.4) is 0 Å². The fourth-order valence-electron chi connectivity index (χ4n) is 1.98. The highest BCUT2D eigenvalue weighted by Crippen LogP contribution is 2.20. The van der Waals surface area contributed by atoms with E-state index in [1.54, 1.807) is 11.3 Å². The van der Waals surface area contributed by atoms with Crippen LogP contribution in [-0.2, 0) is 12.8 Å². The van der Waals surface area contributed by atoms with Crippen LogP contribution in [0.4, 0.5) is 0 Å². The Bertz CT molecular complexity index is 512. The van der Waals surface area contributed by atoms with Gasteiger partial charge in [-0.25, -0.2) is 4.98 Å². The van der Waals surface area contributed by atoms with Crippen molar-refractivity contribution in [3.8, 4) is 0 Å². The Balaban J connectivity index is 2.01. The molecule has 0 aliphatic carbocycles. The number of aromatic nitrogens is 1. The van der Waals surface area contributed by atoms with Crippen LogP contribution in [-0.4, -0.2) is 16.7 Å². The van der Waals surface area contributed by atoms with Crippen molar-refractivity contribution in [2.75, 3.05) is 6.61 Å². The summed E-state index contributed by atoms with van der Waals surface area (Å²) < 4.78 is 0. The monoisotopic (exact) mass is 281 g/mol. The molecule has 1 N–H and O–H groups in total. The van der Waals surface area contributed by atoms with E-state index in [1.165, 1.54) is 10.4 Å². The average Bonchev–Trinajstić information content (AvgIpc) is 2.74. The molecule has 96 valence electrons. The number of hydrogen-bond donors (Lipinski definition) is 1. The van der Waals surface area contributed by atoms with E-state index in [0.717, 1.165) is 22.9 Å². The van der Waals surface area contributed by atoms with Gasteiger partial charge in [-0.3, -0.25) is 0 Å². The van der Waals surface area contributed by atoms with Gasteiger partial charge in [-0.05, 0) is 43.4 Å². The Labute approximate surface area is 116 Å². The summed E-state index contributed by atoms with van der Waals surface area (Å²) in [5.74, 6) is 0.225. The molecular formula is C14H16ClNOS. The van der Waals surface area contributed by atoms with Crippen molar-refractivity contribution >= 4 is 22.9 Å². The summed E-state index contributed by atoms with van der Waals surface area (Å²) in [6.45, 7) is 2.18. The van der Waals surface area contributed by atoms with E-state index in [4.69, 9.17) is 11.6 Å². The molecule has 1 aromatic carbocycles. The molecule has 4 heteroatoms. The highest BCUT2D eigenvalue weighted by Gasteiger charge is 2.11. The number of halogens is 1. The molecule has 1 unspecified atom stereocenters. The van der Waals surface area contributed by atoms with Gasteiger partial charge in [0.15, 0.2) is 0 Å². The Morgan fingerprint density at radius 3 is 2.83 bits per heavy atom. The van der Waals surface area contributed by atoms with Gasteiger partial charge in [-0.15, -0.1) is 11.3 Å². The number of benzene rings is 1. The minimum absolute atomic E-state index is 0.184. The van der Waals surface area contributed by atoms with Gasteiger partial charge in [0.05, 0.1) is 5.01 Å². The molecule has 0 aliphatic heterocycles. The van der Waals surface area contributed by atoms with E-state index in [1.807, 2.05) is 37.4 Å². The predicted octanol–water partition coefficient (Wildman–Crippen LogP) is 3.50. The molecule has 0 saturated carbocycles. The Morgan fingerprint density at radius 2 is 2.22 bits per heavy atom. The van der Waals surface area contributed by atoms with Gasteiger partial charge in [-0.2, -0.15) is 0 Å². The molecule has 0 fully saturated rings. The second kappa shape index (κ2) is 6.32. The van der Waals surface area contributed by atoms with Crippen LogP contribution in [0.15, 0.2) is 30.5 Å². The van der Waals surface area contributed by atoms with Gasteiger partial charge >= 0.3 is 0 Å². The van der Waals surface area contributed by atoms with Gasteiger partial charge in [0.1, 0.15) is 0 Å². The summed E-state index contributed by atoms with van der Waals surface area (Å²) in [5, 5.41) is 11.3. The molecule has 18 heavy (non-hydrogen) atoms. The summed E-state index contributed by atoms with van der Waals surface area (Å²) in [6.07, 6.45) is 3.61. The lowest BCUT2D eigenvalue weighted by atomic mass is 9.96. The Hall–Kier alpha value is -0.900. The molecule has 0 aliphatic rings. The van der Waals surface area contributed by atoms with Gasteiger partial charge in [-0.1, -0.05) is 23.7 Å². The van der Waals surface area contributed by atoms with Gasteiger partial charge < -0.3 is 5.11 Å². The number of aliphatic hydroxyl groups excluding tert-OH is 1. The SMILES string of the molecule is Cc1ncc(CC(CO)Cc2cccc(Cl)c2)s1. The van der Waals surface area contributed by atoms with Crippen molar-refractivity contribution in [2.45, 2.75) is 19.8 Å². The molecule has 0 spiro atoms. The molecule has 0 saturated heterocycles. The first-order valence-electron chi connectivity index (χ1n) is 5.94. The first-order chi connectivity index (χ1) is 8.67. The molecule has 1 aromatic heterocycles. The lowest BCUT2D eigenvalue weighted by molar-refractivity contribution is 0.225. The fraction of sp³-hybridized carbons (Fsp3) is 0.357. The Morgan fingerprint density at radius 1 is 1.39 bits per heavy atom. The predicted molar refractivity (Wildman–Crippen MR) is 76.3 cm³/mol. The normalized spacial score (nSPS) is 12.6. The van der Waals surface area contributed by atoms with Crippen molar-refractivity contribution in [1.29, 1.82) is 0 Å². The van der Waals surface area contributed by atoms with Crippen molar-refractivity contribution in [3.05, 3.63) is 50.9 Å². The zero-order valence-corrected chi connectivity index (χ0v) is 11.8. The minimum Gasteiger partial charge on any atom is -0.396 e. The van der Waals surface area contributed by atoms with Crippen LogP contribution in [0, 0.1) is 12.8 Å². The summed E-state index contributed by atoms with van der Waals surface area (Å²) in [7, 11) is 0. The molecule has 1 atom stereocenters. The zero-order chi connectivity index (χ0) is 13.0. The van der Waals surface area contributed by atoms with Crippen molar-refractivity contribution in [2.24, 2.45) is 5.92 Å². The topological polar surface area (TPSA) is 33.1 Å². The number of rotatable bonds is 5. The summed E-state index contributed by atoms with van der Waals surface area (Å²) in [6, 6.07) is 7.82. The second-order valence-corrected chi connectivity index (χ2v) is 6.19. The third kappa shape index (κ3) is 3.80. The lowest BCUT2D eigenvalue weighted by Gasteiger charge is -2.13. The van der Waals surface area contributed by atoms with Crippen LogP contribution in [0.2, 0.25) is 5.02 Å².